The lowest BCUT2D eigenvalue weighted by Crippen LogP contribution is -2.41. The van der Waals surface area contributed by atoms with E-state index in [1.165, 1.54) is 30.6 Å². The second-order valence-electron chi connectivity index (χ2n) is 5.49. The van der Waals surface area contributed by atoms with E-state index in [2.05, 4.69) is 58.2 Å². The van der Waals surface area contributed by atoms with E-state index in [-0.39, 0.29) is 0 Å². The van der Waals surface area contributed by atoms with Crippen LogP contribution in [-0.2, 0) is 6.54 Å². The largest absolute Gasteiger partial charge is 0.368 e. The predicted octanol–water partition coefficient (Wildman–Crippen LogP) is 3.79. The van der Waals surface area contributed by atoms with E-state index < -0.39 is 0 Å². The third-order valence-electron chi connectivity index (χ3n) is 3.84. The monoisotopic (exact) mass is 310 g/mol. The molecule has 2 nitrogen and oxygen atoms in total. The highest BCUT2D eigenvalue weighted by Crippen LogP contribution is 2.31. The van der Waals surface area contributed by atoms with Crippen molar-refractivity contribution in [3.63, 3.8) is 0 Å². The SMILES string of the molecule is CNCc1cc(Br)ccc1N1CC(C)CCC1C. The molecular weight excluding hydrogens is 288 g/mol. The number of nitrogens with one attached hydrogen (secondary N) is 1. The van der Waals surface area contributed by atoms with Crippen molar-refractivity contribution in [2.45, 2.75) is 39.3 Å². The average Bonchev–Trinajstić information content (AvgIpc) is 2.33. The van der Waals surface area contributed by atoms with Crippen LogP contribution in [0.25, 0.3) is 0 Å². The topological polar surface area (TPSA) is 15.3 Å². The quantitative estimate of drug-likeness (QED) is 0.913. The standard InChI is InChI=1S/C15H23BrN2/c1-11-4-5-12(2)18(10-11)15-7-6-14(16)8-13(15)9-17-3/h6-8,11-12,17H,4-5,9-10H2,1-3H3. The summed E-state index contributed by atoms with van der Waals surface area (Å²) in [7, 11) is 2.01. The Hall–Kier alpha value is -0.540. The van der Waals surface area contributed by atoms with Crippen molar-refractivity contribution in [2.24, 2.45) is 5.92 Å². The summed E-state index contributed by atoms with van der Waals surface area (Å²) in [5.41, 5.74) is 2.78. The van der Waals surface area contributed by atoms with Gasteiger partial charge in [0.05, 0.1) is 0 Å². The Balaban J connectivity index is 2.30. The van der Waals surface area contributed by atoms with Crippen LogP contribution >= 0.6 is 15.9 Å². The first-order valence-corrected chi connectivity index (χ1v) is 7.60. The third kappa shape index (κ3) is 3.07. The first-order chi connectivity index (χ1) is 8.61. The summed E-state index contributed by atoms with van der Waals surface area (Å²) < 4.78 is 1.16. The summed E-state index contributed by atoms with van der Waals surface area (Å²) in [5.74, 6) is 0.798. The first-order valence-electron chi connectivity index (χ1n) is 6.81. The highest BCUT2D eigenvalue weighted by molar-refractivity contribution is 9.10. The Morgan fingerprint density at radius 1 is 1.33 bits per heavy atom. The van der Waals surface area contributed by atoms with E-state index in [4.69, 9.17) is 0 Å². The molecule has 1 heterocycles. The minimum atomic E-state index is 0.651. The van der Waals surface area contributed by atoms with Gasteiger partial charge in [0.15, 0.2) is 0 Å². The van der Waals surface area contributed by atoms with Gasteiger partial charge < -0.3 is 10.2 Å². The Morgan fingerprint density at radius 3 is 2.83 bits per heavy atom. The molecular formula is C15H23BrN2. The van der Waals surface area contributed by atoms with Crippen LogP contribution < -0.4 is 10.2 Å². The molecule has 18 heavy (non-hydrogen) atoms. The molecule has 0 radical (unpaired) electrons. The van der Waals surface area contributed by atoms with E-state index in [1.54, 1.807) is 0 Å². The third-order valence-corrected chi connectivity index (χ3v) is 4.33. The van der Waals surface area contributed by atoms with E-state index in [1.807, 2.05) is 7.05 Å². The molecule has 1 aliphatic rings. The molecule has 2 rings (SSSR count). The Bertz CT molecular complexity index is 405. The Morgan fingerprint density at radius 2 is 2.11 bits per heavy atom. The zero-order valence-electron chi connectivity index (χ0n) is 11.5. The average molecular weight is 311 g/mol. The van der Waals surface area contributed by atoms with Crippen LogP contribution in [0, 0.1) is 5.92 Å². The summed E-state index contributed by atoms with van der Waals surface area (Å²) in [6, 6.07) is 7.29. The first kappa shape index (κ1) is 13.9. The molecule has 2 unspecified atom stereocenters. The molecule has 1 aromatic carbocycles. The summed E-state index contributed by atoms with van der Waals surface area (Å²) in [6.45, 7) is 6.80. The van der Waals surface area contributed by atoms with Gasteiger partial charge in [-0.05, 0) is 56.5 Å². The van der Waals surface area contributed by atoms with Gasteiger partial charge in [0.1, 0.15) is 0 Å². The van der Waals surface area contributed by atoms with Gasteiger partial charge in [-0.3, -0.25) is 0 Å². The smallest absolute Gasteiger partial charge is 0.0415 e. The highest BCUT2D eigenvalue weighted by atomic mass is 79.9. The van der Waals surface area contributed by atoms with Crippen LogP contribution in [-0.4, -0.2) is 19.6 Å². The maximum atomic E-state index is 3.57. The summed E-state index contributed by atoms with van der Waals surface area (Å²) in [5, 5.41) is 3.27. The molecule has 1 aliphatic heterocycles. The number of rotatable bonds is 3. The number of nitrogens with zero attached hydrogens (tertiary/aromatic N) is 1. The summed E-state index contributed by atoms with van der Waals surface area (Å²) in [6.07, 6.45) is 2.66. The summed E-state index contributed by atoms with van der Waals surface area (Å²) in [4.78, 5) is 2.58. The van der Waals surface area contributed by atoms with Gasteiger partial charge >= 0.3 is 0 Å². The molecule has 1 aromatic rings. The normalized spacial score (nSPS) is 24.3. The minimum absolute atomic E-state index is 0.651. The van der Waals surface area contributed by atoms with E-state index in [0.29, 0.717) is 6.04 Å². The molecule has 1 N–H and O–H groups in total. The van der Waals surface area contributed by atoms with Crippen LogP contribution in [0.1, 0.15) is 32.3 Å². The molecule has 1 fully saturated rings. The second-order valence-corrected chi connectivity index (χ2v) is 6.40. The van der Waals surface area contributed by atoms with E-state index >= 15 is 0 Å². The lowest BCUT2D eigenvalue weighted by Gasteiger charge is -2.39. The van der Waals surface area contributed by atoms with Crippen LogP contribution in [0.3, 0.4) is 0 Å². The fourth-order valence-electron chi connectivity index (χ4n) is 2.79. The molecule has 0 saturated carbocycles. The van der Waals surface area contributed by atoms with Crippen LogP contribution in [0.2, 0.25) is 0 Å². The molecule has 0 aliphatic carbocycles. The molecule has 3 heteroatoms. The molecule has 0 aromatic heterocycles. The maximum absolute atomic E-state index is 3.57. The maximum Gasteiger partial charge on any atom is 0.0415 e. The van der Waals surface area contributed by atoms with Crippen LogP contribution in [0.4, 0.5) is 5.69 Å². The van der Waals surface area contributed by atoms with E-state index in [0.717, 1.165) is 16.9 Å². The number of anilines is 1. The van der Waals surface area contributed by atoms with Crippen molar-refractivity contribution in [1.29, 1.82) is 0 Å². The molecule has 100 valence electrons. The summed E-state index contributed by atoms with van der Waals surface area (Å²) >= 11 is 3.57. The van der Waals surface area contributed by atoms with Crippen molar-refractivity contribution in [3.05, 3.63) is 28.2 Å². The van der Waals surface area contributed by atoms with Crippen molar-refractivity contribution in [2.75, 3.05) is 18.5 Å². The zero-order chi connectivity index (χ0) is 13.1. The number of halogens is 1. The van der Waals surface area contributed by atoms with Gasteiger partial charge in [0.2, 0.25) is 0 Å². The predicted molar refractivity (Wildman–Crippen MR) is 82.1 cm³/mol. The van der Waals surface area contributed by atoms with Crippen LogP contribution in [0.5, 0.6) is 0 Å². The van der Waals surface area contributed by atoms with Gasteiger partial charge in [0, 0.05) is 29.3 Å². The minimum Gasteiger partial charge on any atom is -0.368 e. The second kappa shape index (κ2) is 6.07. The van der Waals surface area contributed by atoms with Gasteiger partial charge in [-0.2, -0.15) is 0 Å². The molecule has 1 saturated heterocycles. The van der Waals surface area contributed by atoms with Crippen molar-refractivity contribution >= 4 is 21.6 Å². The van der Waals surface area contributed by atoms with Crippen molar-refractivity contribution in [1.82, 2.24) is 5.32 Å². The van der Waals surface area contributed by atoms with Gasteiger partial charge in [-0.1, -0.05) is 22.9 Å². The molecule has 0 spiro atoms. The van der Waals surface area contributed by atoms with Crippen molar-refractivity contribution < 1.29 is 0 Å². The highest BCUT2D eigenvalue weighted by Gasteiger charge is 2.24. The van der Waals surface area contributed by atoms with Gasteiger partial charge in [-0.25, -0.2) is 0 Å². The fourth-order valence-corrected chi connectivity index (χ4v) is 3.20. The van der Waals surface area contributed by atoms with Crippen LogP contribution in [0.15, 0.2) is 22.7 Å². The molecule has 2 atom stereocenters. The van der Waals surface area contributed by atoms with Crippen molar-refractivity contribution in [3.8, 4) is 0 Å². The zero-order valence-corrected chi connectivity index (χ0v) is 13.1. The molecule has 0 amide bonds. The Labute approximate surface area is 119 Å². The number of hydrogen-bond donors (Lipinski definition) is 1. The van der Waals surface area contributed by atoms with E-state index in [9.17, 15) is 0 Å². The lowest BCUT2D eigenvalue weighted by molar-refractivity contribution is 0.389. The molecule has 0 bridgehead atoms. The Kier molecular flexibility index (Phi) is 4.68. The lowest BCUT2D eigenvalue weighted by atomic mass is 9.94. The fraction of sp³-hybridized carbons (Fsp3) is 0.600. The number of piperidine rings is 1. The number of benzene rings is 1. The van der Waals surface area contributed by atoms with Gasteiger partial charge in [0.25, 0.3) is 0 Å². The van der Waals surface area contributed by atoms with Gasteiger partial charge in [-0.15, -0.1) is 0 Å². The number of hydrogen-bond acceptors (Lipinski definition) is 2.